The second kappa shape index (κ2) is 11.4. The van der Waals surface area contributed by atoms with E-state index < -0.39 is 0 Å². The Kier molecular flexibility index (Phi) is 11.9. The first kappa shape index (κ1) is 20.8. The predicted molar refractivity (Wildman–Crippen MR) is 92.6 cm³/mol. The Bertz CT molecular complexity index is 275. The number of carbonyl (C=O) groups is 1. The van der Waals surface area contributed by atoms with Gasteiger partial charge in [-0.05, 0) is 0 Å². The van der Waals surface area contributed by atoms with Crippen molar-refractivity contribution in [2.24, 2.45) is 0 Å². The summed E-state index contributed by atoms with van der Waals surface area (Å²) in [7, 11) is 4.21. The molecule has 2 aliphatic heterocycles. The molecule has 0 bridgehead atoms. The predicted octanol–water partition coefficient (Wildman–Crippen LogP) is 1.13. The second-order valence-corrected chi connectivity index (χ2v) is 9.61. The quantitative estimate of drug-likeness (QED) is 0.707. The van der Waals surface area contributed by atoms with Crippen LogP contribution in [0.15, 0.2) is 0 Å². The van der Waals surface area contributed by atoms with Crippen LogP contribution in [-0.4, -0.2) is 81.1 Å². The molecule has 1 unspecified atom stereocenters. The van der Waals surface area contributed by atoms with Gasteiger partial charge in [0.25, 0.3) is 0 Å². The Balaban J connectivity index is 0.00000180. The van der Waals surface area contributed by atoms with Crippen LogP contribution in [0.2, 0.25) is 5.32 Å². The summed E-state index contributed by atoms with van der Waals surface area (Å²) >= 11 is 0.813. The fraction of sp³-hybridized carbons (Fsp3) is 0.917. The van der Waals surface area contributed by atoms with E-state index in [-0.39, 0.29) is 24.8 Å². The summed E-state index contributed by atoms with van der Waals surface area (Å²) < 4.78 is 0. The van der Waals surface area contributed by atoms with Crippen molar-refractivity contribution in [1.82, 2.24) is 15.1 Å². The third-order valence-corrected chi connectivity index (χ3v) is 7.85. The van der Waals surface area contributed by atoms with Crippen LogP contribution in [0.3, 0.4) is 0 Å². The summed E-state index contributed by atoms with van der Waals surface area (Å²) in [6.45, 7) is 4.68. The Labute approximate surface area is 144 Å². The maximum absolute atomic E-state index is 12.0. The van der Waals surface area contributed by atoms with Crippen LogP contribution < -0.4 is 5.32 Å². The minimum atomic E-state index is 0. The first-order valence-corrected chi connectivity index (χ1v) is 10.9. The Morgan fingerprint density at radius 3 is 2.60 bits per heavy atom. The molecule has 2 fully saturated rings. The van der Waals surface area contributed by atoms with E-state index >= 15 is 0 Å². The molecule has 2 heterocycles. The van der Waals surface area contributed by atoms with Crippen LogP contribution in [0.25, 0.3) is 0 Å². The van der Waals surface area contributed by atoms with E-state index in [0.717, 1.165) is 46.6 Å². The molecule has 2 saturated heterocycles. The molecule has 20 heavy (non-hydrogen) atoms. The van der Waals surface area contributed by atoms with Gasteiger partial charge in [-0.2, -0.15) is 0 Å². The number of hydrogen-bond donors (Lipinski definition) is 1. The maximum atomic E-state index is 12.0. The summed E-state index contributed by atoms with van der Waals surface area (Å²) in [6, 6.07) is 0.644. The van der Waals surface area contributed by atoms with E-state index in [1.807, 2.05) is 4.90 Å². The summed E-state index contributed by atoms with van der Waals surface area (Å²) in [5, 5.41) is 4.91. The Morgan fingerprint density at radius 2 is 2.00 bits per heavy atom. The van der Waals surface area contributed by atoms with Crippen molar-refractivity contribution in [3.8, 4) is 0 Å². The van der Waals surface area contributed by atoms with E-state index in [1.165, 1.54) is 17.5 Å². The second-order valence-electron chi connectivity index (χ2n) is 4.98. The van der Waals surface area contributed by atoms with Gasteiger partial charge in [0, 0.05) is 0 Å². The number of piperazine rings is 1. The van der Waals surface area contributed by atoms with Crippen molar-refractivity contribution in [1.29, 1.82) is 0 Å². The number of likely N-dealkylation sites (N-methyl/N-ethyl adjacent to an activating group) is 1. The summed E-state index contributed by atoms with van der Waals surface area (Å²) in [6.07, 6.45) is 1.96. The SMILES string of the molecule is CN1CCN(C(=O)CCNC2CC[Se]SC2)CC1.Cl.Cl. The van der Waals surface area contributed by atoms with Crippen LogP contribution in [0.5, 0.6) is 0 Å². The van der Waals surface area contributed by atoms with Crippen LogP contribution in [0.4, 0.5) is 0 Å². The van der Waals surface area contributed by atoms with Gasteiger partial charge in [-0.1, -0.05) is 0 Å². The van der Waals surface area contributed by atoms with Crippen molar-refractivity contribution in [2.45, 2.75) is 24.2 Å². The van der Waals surface area contributed by atoms with Gasteiger partial charge in [-0.15, -0.1) is 24.8 Å². The molecule has 4 nitrogen and oxygen atoms in total. The van der Waals surface area contributed by atoms with Crippen LogP contribution >= 0.6 is 35.0 Å². The molecule has 0 aromatic carbocycles. The van der Waals surface area contributed by atoms with E-state index in [9.17, 15) is 4.79 Å². The number of rotatable bonds is 4. The van der Waals surface area contributed by atoms with Gasteiger partial charge in [0.05, 0.1) is 0 Å². The zero-order chi connectivity index (χ0) is 12.8. The molecule has 0 radical (unpaired) electrons. The molecule has 120 valence electrons. The zero-order valence-electron chi connectivity index (χ0n) is 11.9. The summed E-state index contributed by atoms with van der Waals surface area (Å²) in [4.78, 5) is 16.3. The molecule has 1 atom stereocenters. The minimum Gasteiger partial charge on any atom is -0.147 e. The van der Waals surface area contributed by atoms with E-state index in [0.29, 0.717) is 18.4 Å². The smallest absolute Gasteiger partial charge is 0.147 e. The molecule has 0 aromatic rings. The standard InChI is InChI=1S/C12H23N3OSSe.2ClH/c1-14-5-7-15(8-6-14)12(16)2-4-13-11-3-9-18-17-10-11;;/h11,13H,2-10H2,1H3;2*1H. The van der Waals surface area contributed by atoms with E-state index in [4.69, 9.17) is 0 Å². The Morgan fingerprint density at radius 1 is 1.30 bits per heavy atom. The third-order valence-electron chi connectivity index (χ3n) is 3.53. The number of hydrogen-bond acceptors (Lipinski definition) is 4. The molecule has 8 heteroatoms. The van der Waals surface area contributed by atoms with Crippen molar-refractivity contribution < 1.29 is 4.79 Å². The maximum Gasteiger partial charge on any atom is -0.147 e. The van der Waals surface area contributed by atoms with Crippen LogP contribution in [0, 0.1) is 0 Å². The monoisotopic (exact) mass is 409 g/mol. The van der Waals surface area contributed by atoms with Crippen molar-refractivity contribution in [2.75, 3.05) is 45.5 Å². The fourth-order valence-corrected chi connectivity index (χ4v) is 6.56. The third kappa shape index (κ3) is 7.21. The molecule has 0 spiro atoms. The zero-order valence-corrected chi connectivity index (χ0v) is 16.0. The van der Waals surface area contributed by atoms with Gasteiger partial charge in [0.1, 0.15) is 0 Å². The van der Waals surface area contributed by atoms with Gasteiger partial charge in [0.15, 0.2) is 0 Å². The number of nitrogens with one attached hydrogen (secondary N) is 1. The van der Waals surface area contributed by atoms with Gasteiger partial charge in [0.2, 0.25) is 0 Å². The summed E-state index contributed by atoms with van der Waals surface area (Å²) in [5.41, 5.74) is 0. The molecule has 0 aromatic heterocycles. The van der Waals surface area contributed by atoms with Gasteiger partial charge in [-0.25, -0.2) is 0 Å². The van der Waals surface area contributed by atoms with Gasteiger partial charge < -0.3 is 0 Å². The van der Waals surface area contributed by atoms with Crippen LogP contribution in [-0.2, 0) is 4.79 Å². The van der Waals surface area contributed by atoms with E-state index in [1.54, 1.807) is 0 Å². The topological polar surface area (TPSA) is 35.6 Å². The molecule has 1 amide bonds. The molecule has 0 saturated carbocycles. The van der Waals surface area contributed by atoms with Crippen LogP contribution in [0.1, 0.15) is 12.8 Å². The largest absolute Gasteiger partial charge is 0.147 e. The first-order valence-electron chi connectivity index (χ1n) is 6.70. The molecule has 2 rings (SSSR count). The van der Waals surface area contributed by atoms with Crippen molar-refractivity contribution in [3.63, 3.8) is 0 Å². The number of nitrogens with zero attached hydrogens (tertiary/aromatic N) is 2. The van der Waals surface area contributed by atoms with Crippen molar-refractivity contribution >= 4 is 54.7 Å². The fourth-order valence-electron chi connectivity index (χ4n) is 2.22. The van der Waals surface area contributed by atoms with Gasteiger partial charge in [-0.3, -0.25) is 0 Å². The van der Waals surface area contributed by atoms with E-state index in [2.05, 4.69) is 27.4 Å². The normalized spacial score (nSPS) is 23.6. The summed E-state index contributed by atoms with van der Waals surface area (Å²) in [5.74, 6) is 1.56. The minimum absolute atomic E-state index is 0. The molecule has 2 aliphatic rings. The van der Waals surface area contributed by atoms with Gasteiger partial charge >= 0.3 is 120 Å². The average Bonchev–Trinajstić information content (AvgIpc) is 2.40. The average molecular weight is 409 g/mol. The van der Waals surface area contributed by atoms with Crippen molar-refractivity contribution in [3.05, 3.63) is 0 Å². The molecule has 1 N–H and O–H groups in total. The number of halogens is 2. The number of amides is 1. The first-order chi connectivity index (χ1) is 8.75. The molecular weight excluding hydrogens is 384 g/mol. The molecule has 0 aliphatic carbocycles. The molecular formula is C12H25Cl2N3OSSe. The number of carbonyl (C=O) groups excluding carboxylic acids is 1. The Hall–Kier alpha value is 0.839.